The molecule has 11 rings (SSSR count). The molecule has 8 aromatic carbocycles. The average molecular weight is 655 g/mol. The molecule has 0 fully saturated rings. The molecule has 238 valence electrons. The van der Waals surface area contributed by atoms with E-state index in [1.165, 1.54) is 16.2 Å². The van der Waals surface area contributed by atoms with Gasteiger partial charge in [0.15, 0.2) is 0 Å². The van der Waals surface area contributed by atoms with Crippen molar-refractivity contribution in [3.63, 3.8) is 0 Å². The summed E-state index contributed by atoms with van der Waals surface area (Å²) in [6.45, 7) is 0. The van der Waals surface area contributed by atoms with E-state index in [9.17, 15) is 0 Å². The number of rotatable bonds is 4. The standard InChI is InChI=1S/C48H31N3/c1-4-14-34(15-5-1)49-41-22-12-10-20-37(41)39-30-32(24-26-43(39)49)33-25-27-44-40(31-33)48-46(51(44)36-18-8-3-9-19-36)29-28-45-47(48)38-21-11-13-23-42(38)50(45)35-16-6-2-7-17-35/h1-31H/i1D,4D,5D,14D,15D. The molecule has 0 saturated heterocycles. The first-order valence-electron chi connectivity index (χ1n) is 19.6. The number of fused-ring (bicyclic) bond motifs is 10. The predicted octanol–water partition coefficient (Wildman–Crippen LogP) is 12.6. The van der Waals surface area contributed by atoms with Gasteiger partial charge in [0.25, 0.3) is 0 Å². The third-order valence-corrected chi connectivity index (χ3v) is 10.3. The maximum Gasteiger partial charge on any atom is 0.0645 e. The molecule has 0 aliphatic carbocycles. The molecule has 51 heavy (non-hydrogen) atoms. The van der Waals surface area contributed by atoms with Crippen LogP contribution in [0.3, 0.4) is 0 Å². The minimum absolute atomic E-state index is 0.142. The molecule has 0 spiro atoms. The van der Waals surface area contributed by atoms with E-state index in [1.54, 1.807) is 0 Å². The Morgan fingerprint density at radius 3 is 1.37 bits per heavy atom. The van der Waals surface area contributed by atoms with Crippen molar-refractivity contribution in [1.29, 1.82) is 0 Å². The zero-order valence-corrected chi connectivity index (χ0v) is 27.4. The molecule has 3 heterocycles. The summed E-state index contributed by atoms with van der Waals surface area (Å²) in [5.74, 6) is 0. The van der Waals surface area contributed by atoms with E-state index < -0.39 is 6.04 Å². The molecule has 3 aromatic heterocycles. The Kier molecular flexibility index (Phi) is 4.99. The fourth-order valence-corrected chi connectivity index (χ4v) is 8.21. The molecule has 11 aromatic rings. The smallest absolute Gasteiger partial charge is 0.0645 e. The molecule has 0 aliphatic rings. The first kappa shape index (κ1) is 23.5. The van der Waals surface area contributed by atoms with Crippen molar-refractivity contribution in [3.05, 3.63) is 188 Å². The lowest BCUT2D eigenvalue weighted by molar-refractivity contribution is 1.17. The zero-order valence-electron chi connectivity index (χ0n) is 32.4. The van der Waals surface area contributed by atoms with Gasteiger partial charge < -0.3 is 13.7 Å². The van der Waals surface area contributed by atoms with Gasteiger partial charge in [0.1, 0.15) is 0 Å². The summed E-state index contributed by atoms with van der Waals surface area (Å²) in [5, 5.41) is 6.60. The van der Waals surface area contributed by atoms with Gasteiger partial charge >= 0.3 is 0 Å². The molecule has 0 aliphatic heterocycles. The van der Waals surface area contributed by atoms with E-state index in [2.05, 4.69) is 130 Å². The number of aromatic nitrogens is 3. The summed E-state index contributed by atoms with van der Waals surface area (Å²) in [7, 11) is 0. The van der Waals surface area contributed by atoms with Crippen LogP contribution in [0.25, 0.3) is 93.6 Å². The average Bonchev–Trinajstić information content (AvgIpc) is 3.88. The fraction of sp³-hybridized carbons (Fsp3) is 0. The third-order valence-electron chi connectivity index (χ3n) is 10.3. The zero-order chi connectivity index (χ0) is 37.8. The summed E-state index contributed by atoms with van der Waals surface area (Å²) in [5.41, 5.74) is 10.5. The molecular weight excluding hydrogens is 619 g/mol. The van der Waals surface area contributed by atoms with Crippen LogP contribution < -0.4 is 0 Å². The van der Waals surface area contributed by atoms with Crippen molar-refractivity contribution in [2.75, 3.05) is 0 Å². The number of hydrogen-bond donors (Lipinski definition) is 0. The first-order valence-corrected chi connectivity index (χ1v) is 17.1. The van der Waals surface area contributed by atoms with E-state index in [4.69, 9.17) is 6.85 Å². The SMILES string of the molecule is [2H]c1c([2H])c([2H])c(-n2c3ccccc3c3cc(-c4ccc5c(c4)c4c6c7ccccc7n(-c7ccccc7)c6ccc4n5-c4ccccc4)ccc32)c([2H])c1[2H]. The Bertz CT molecular complexity index is 3390. The summed E-state index contributed by atoms with van der Waals surface area (Å²) in [6, 6.07) is 53.5. The van der Waals surface area contributed by atoms with Gasteiger partial charge in [-0.05, 0) is 96.0 Å². The van der Waals surface area contributed by atoms with Gasteiger partial charge in [0.2, 0.25) is 0 Å². The lowest BCUT2D eigenvalue weighted by atomic mass is 9.99. The highest BCUT2D eigenvalue weighted by Crippen LogP contribution is 2.44. The molecule has 3 nitrogen and oxygen atoms in total. The monoisotopic (exact) mass is 654 g/mol. The van der Waals surface area contributed by atoms with Crippen molar-refractivity contribution >= 4 is 65.4 Å². The van der Waals surface area contributed by atoms with Crippen LogP contribution in [-0.4, -0.2) is 13.7 Å². The van der Waals surface area contributed by atoms with Crippen LogP contribution in [0.4, 0.5) is 0 Å². The second-order valence-electron chi connectivity index (χ2n) is 13.0. The molecule has 0 bridgehead atoms. The summed E-state index contributed by atoms with van der Waals surface area (Å²) in [6.07, 6.45) is 0. The van der Waals surface area contributed by atoms with E-state index in [0.29, 0.717) is 0 Å². The maximum absolute atomic E-state index is 8.81. The molecular formula is C48H31N3. The quantitative estimate of drug-likeness (QED) is 0.179. The first-order chi connectivity index (χ1) is 27.4. The van der Waals surface area contributed by atoms with Crippen LogP contribution in [0.2, 0.25) is 0 Å². The van der Waals surface area contributed by atoms with Crippen LogP contribution in [0.1, 0.15) is 6.85 Å². The molecule has 0 N–H and O–H groups in total. The van der Waals surface area contributed by atoms with Crippen molar-refractivity contribution in [1.82, 2.24) is 13.7 Å². The van der Waals surface area contributed by atoms with Gasteiger partial charge in [-0.1, -0.05) is 103 Å². The normalized spacial score (nSPS) is 13.3. The minimum Gasteiger partial charge on any atom is -0.309 e. The second kappa shape index (κ2) is 10.8. The lowest BCUT2D eigenvalue weighted by Gasteiger charge is -2.09. The Labute approximate surface area is 301 Å². The van der Waals surface area contributed by atoms with Gasteiger partial charge in [-0.15, -0.1) is 0 Å². The van der Waals surface area contributed by atoms with Crippen LogP contribution in [-0.2, 0) is 0 Å². The van der Waals surface area contributed by atoms with E-state index >= 15 is 0 Å². The molecule has 3 heteroatoms. The second-order valence-corrected chi connectivity index (χ2v) is 13.0. The van der Waals surface area contributed by atoms with Gasteiger partial charge in [0.05, 0.1) is 40.0 Å². The summed E-state index contributed by atoms with van der Waals surface area (Å²) < 4.78 is 49.1. The predicted molar refractivity (Wildman–Crippen MR) is 215 cm³/mol. The van der Waals surface area contributed by atoms with Gasteiger partial charge in [0, 0.05) is 49.4 Å². The van der Waals surface area contributed by atoms with E-state index in [0.717, 1.165) is 71.8 Å². The highest BCUT2D eigenvalue weighted by Gasteiger charge is 2.21. The minimum atomic E-state index is -0.405. The Balaban J connectivity index is 1.21. The number of nitrogens with zero attached hydrogens (tertiary/aromatic N) is 3. The van der Waals surface area contributed by atoms with Gasteiger partial charge in [-0.25, -0.2) is 0 Å². The van der Waals surface area contributed by atoms with Crippen LogP contribution in [0, 0.1) is 0 Å². The largest absolute Gasteiger partial charge is 0.309 e. The van der Waals surface area contributed by atoms with Crippen molar-refractivity contribution in [2.45, 2.75) is 0 Å². The van der Waals surface area contributed by atoms with Crippen LogP contribution in [0.15, 0.2) is 188 Å². The number of benzene rings is 8. The summed E-state index contributed by atoms with van der Waals surface area (Å²) >= 11 is 0. The van der Waals surface area contributed by atoms with E-state index in [1.807, 2.05) is 41.0 Å². The summed E-state index contributed by atoms with van der Waals surface area (Å²) in [4.78, 5) is 0. The topological polar surface area (TPSA) is 14.8 Å². The molecule has 0 unspecified atom stereocenters. The molecule has 0 saturated carbocycles. The Hall–Kier alpha value is -6.84. The third kappa shape index (κ3) is 4.06. The lowest BCUT2D eigenvalue weighted by Crippen LogP contribution is -1.94. The van der Waals surface area contributed by atoms with Crippen molar-refractivity contribution < 1.29 is 6.85 Å². The molecule has 0 atom stereocenters. The number of hydrogen-bond acceptors (Lipinski definition) is 0. The van der Waals surface area contributed by atoms with Gasteiger partial charge in [-0.2, -0.15) is 0 Å². The maximum atomic E-state index is 8.81. The van der Waals surface area contributed by atoms with Crippen LogP contribution in [0.5, 0.6) is 0 Å². The highest BCUT2D eigenvalue weighted by molar-refractivity contribution is 6.29. The van der Waals surface area contributed by atoms with E-state index in [-0.39, 0.29) is 29.9 Å². The van der Waals surface area contributed by atoms with Crippen LogP contribution >= 0.6 is 0 Å². The highest BCUT2D eigenvalue weighted by atomic mass is 15.0. The van der Waals surface area contributed by atoms with Gasteiger partial charge in [-0.3, -0.25) is 0 Å². The Morgan fingerprint density at radius 1 is 0.314 bits per heavy atom. The molecule has 0 amide bonds. The molecule has 0 radical (unpaired) electrons. The van der Waals surface area contributed by atoms with Crippen molar-refractivity contribution in [3.8, 4) is 28.2 Å². The van der Waals surface area contributed by atoms with Crippen molar-refractivity contribution in [2.24, 2.45) is 0 Å². The fourth-order valence-electron chi connectivity index (χ4n) is 8.21. The number of para-hydroxylation sites is 5. The Morgan fingerprint density at radius 2 is 0.745 bits per heavy atom.